The molecule has 20 heteroatoms. The smallest absolute Gasteiger partial charge is 0.363 e. The number of halogens is 1. The van der Waals surface area contributed by atoms with Gasteiger partial charge < -0.3 is 29.8 Å². The number of thiophene rings is 1. The molecule has 70 heavy (non-hydrogen) atoms. The maximum Gasteiger partial charge on any atom is 0.363 e. The fourth-order valence-electron chi connectivity index (χ4n) is 11.1. The molecule has 0 saturated carbocycles. The zero-order valence-corrected chi connectivity index (χ0v) is 40.3. The number of aromatic nitrogens is 3. The van der Waals surface area contributed by atoms with Crippen LogP contribution in [0.25, 0.3) is 21.1 Å². The fraction of sp³-hybridized carbons (Fsp3) is 0.460. The molecular weight excluding hydrogens is 939 g/mol. The molecule has 5 aromatic rings. The molecule has 0 aliphatic carbocycles. The Labute approximate surface area is 406 Å². The third kappa shape index (κ3) is 9.18. The van der Waals surface area contributed by atoms with Crippen LogP contribution in [0.3, 0.4) is 0 Å². The summed E-state index contributed by atoms with van der Waals surface area (Å²) < 4.78 is 29.5. The number of hydrogen-bond donors (Lipinski definition) is 4. The van der Waals surface area contributed by atoms with Crippen molar-refractivity contribution in [2.45, 2.75) is 107 Å². The molecule has 0 spiro atoms. The van der Waals surface area contributed by atoms with Crippen LogP contribution in [0.1, 0.15) is 115 Å². The second kappa shape index (κ2) is 19.2. The van der Waals surface area contributed by atoms with Gasteiger partial charge in [-0.3, -0.25) is 48.0 Å². The van der Waals surface area contributed by atoms with Crippen molar-refractivity contribution in [1.29, 1.82) is 0 Å². The molecule has 5 aliphatic heterocycles. The molecule has 5 saturated heterocycles. The van der Waals surface area contributed by atoms with Crippen molar-refractivity contribution < 1.29 is 42.7 Å². The Bertz CT molecular complexity index is 3100. The normalized spacial score (nSPS) is 22.9. The maximum atomic E-state index is 14.4. The van der Waals surface area contributed by atoms with Crippen molar-refractivity contribution in [3.63, 3.8) is 0 Å². The van der Waals surface area contributed by atoms with Gasteiger partial charge in [0.15, 0.2) is 0 Å². The first kappa shape index (κ1) is 47.5. The van der Waals surface area contributed by atoms with E-state index < -0.39 is 43.4 Å². The van der Waals surface area contributed by atoms with Crippen molar-refractivity contribution in [2.24, 2.45) is 13.0 Å². The summed E-state index contributed by atoms with van der Waals surface area (Å²) in [5.41, 5.74) is 3.84. The minimum Gasteiger partial charge on any atom is -0.371 e. The van der Waals surface area contributed by atoms with E-state index in [1.54, 1.807) is 11.9 Å². The number of hydrogen-bond acceptors (Lipinski definition) is 10. The third-order valence-corrected chi connectivity index (χ3v) is 17.0. The van der Waals surface area contributed by atoms with E-state index in [0.29, 0.717) is 65.8 Å². The molecule has 1 unspecified atom stereocenters. The van der Waals surface area contributed by atoms with Gasteiger partial charge in [0.2, 0.25) is 29.5 Å². The number of likely N-dealkylation sites (tertiary alicyclic amines) is 1. The summed E-state index contributed by atoms with van der Waals surface area (Å²) in [5.74, 6) is 3.11. The van der Waals surface area contributed by atoms with Gasteiger partial charge in [0.1, 0.15) is 18.1 Å². The average Bonchev–Trinajstić information content (AvgIpc) is 4.00. The highest BCUT2D eigenvalue weighted by molar-refractivity contribution is 7.51. The predicted octanol–water partition coefficient (Wildman–Crippen LogP) is 5.39. The van der Waals surface area contributed by atoms with Crippen molar-refractivity contribution in [2.75, 3.05) is 31.1 Å². The van der Waals surface area contributed by atoms with Gasteiger partial charge in [0.05, 0.1) is 15.9 Å². The fourth-order valence-corrected chi connectivity index (χ4v) is 12.6. The minimum absolute atomic E-state index is 0.0785. The van der Waals surface area contributed by atoms with Gasteiger partial charge in [0, 0.05) is 91.9 Å². The van der Waals surface area contributed by atoms with E-state index in [9.17, 15) is 47.5 Å². The number of aryl methyl sites for hydroxylation is 1. The molecule has 2 aromatic carbocycles. The Morgan fingerprint density at radius 1 is 0.971 bits per heavy atom. The lowest BCUT2D eigenvalue weighted by Crippen LogP contribution is -2.58. The lowest BCUT2D eigenvalue weighted by Gasteiger charge is -2.44. The number of anilines is 1. The summed E-state index contributed by atoms with van der Waals surface area (Å²) in [6, 6.07) is 11.0. The van der Waals surface area contributed by atoms with Gasteiger partial charge in [0.25, 0.3) is 5.91 Å². The molecule has 5 fully saturated rings. The lowest BCUT2D eigenvalue weighted by molar-refractivity contribution is -0.148. The van der Waals surface area contributed by atoms with Crippen LogP contribution in [0.15, 0.2) is 65.7 Å². The molecule has 10 rings (SSSR count). The second-order valence-corrected chi connectivity index (χ2v) is 22.0. The van der Waals surface area contributed by atoms with Crippen molar-refractivity contribution >= 4 is 75.3 Å². The molecule has 0 bridgehead atoms. The summed E-state index contributed by atoms with van der Waals surface area (Å²) >= 11 is 1.14. The Balaban J connectivity index is 0.717. The van der Waals surface area contributed by atoms with Gasteiger partial charge >= 0.3 is 13.3 Å². The Morgan fingerprint density at radius 3 is 2.54 bits per heavy atom. The van der Waals surface area contributed by atoms with Crippen LogP contribution in [-0.2, 0) is 30.8 Å². The number of piperidine rings is 2. The van der Waals surface area contributed by atoms with E-state index in [-0.39, 0.29) is 58.7 Å². The van der Waals surface area contributed by atoms with Crippen molar-refractivity contribution in [3.8, 4) is 11.8 Å². The van der Waals surface area contributed by atoms with Crippen LogP contribution in [0, 0.1) is 17.8 Å². The Morgan fingerprint density at radius 2 is 1.77 bits per heavy atom. The molecule has 0 radical (unpaired) electrons. The SMILES string of the molecule is Cn1c(=O)n(C2CCC(=O)NC2=O)c2ccc(C#CCCC3CCN(c4ccncc4C4CN(C(=O)[C@@H]5CC[C@@H]6CCC[C@H](NC(=O)c7cc8cc([C@H](F)P(=O)(O)O)ccc8s7)C(=O)N65)C4)CC3)cc21. The first-order valence-electron chi connectivity index (χ1n) is 24.0. The number of pyridine rings is 1. The number of nitrogens with zero attached hydrogens (tertiary/aromatic N) is 6. The molecule has 8 heterocycles. The van der Waals surface area contributed by atoms with Gasteiger partial charge in [-0.1, -0.05) is 17.9 Å². The lowest BCUT2D eigenvalue weighted by atomic mass is 9.88. The quantitative estimate of drug-likeness (QED) is 0.0791. The predicted molar refractivity (Wildman–Crippen MR) is 260 cm³/mol. The number of fused-ring (bicyclic) bond motifs is 3. The van der Waals surface area contributed by atoms with E-state index >= 15 is 0 Å². The number of imidazole rings is 1. The van der Waals surface area contributed by atoms with E-state index in [1.165, 1.54) is 33.4 Å². The van der Waals surface area contributed by atoms with Crippen molar-refractivity contribution in [1.82, 2.24) is 34.6 Å². The monoisotopic (exact) mass is 992 g/mol. The molecular formula is C50H54FN8O9PS. The standard InChI is InChI=1S/C50H54FN8O9PS/c1-55-41-23-30(9-12-38(41)59(50(55)65)39-14-16-44(60)54-46(39)61)6-3-2-5-29-18-21-56(22-19-29)37-17-20-52-26-35(37)33-27-57(28-33)49(64)40-13-11-34-7-4-8-36(48(63)58(34)40)53-47(62)43-25-32-24-31(10-15-42(32)70-43)45(51)69(66,67)68/h9-10,12,15,17,20,23-26,29,33-34,36,39-40,45H,2,4-5,7-8,11,13-14,16,18-19,21-22,27-28H2,1H3,(H,53,62)(H,54,60,61)(H2,66,67,68)/t34-,36-,39?,40-,45+/m0/s1. The summed E-state index contributed by atoms with van der Waals surface area (Å²) in [4.78, 5) is 109. The molecule has 5 aliphatic rings. The topological polar surface area (TPSA) is 216 Å². The van der Waals surface area contributed by atoms with Gasteiger partial charge in [-0.15, -0.1) is 11.3 Å². The van der Waals surface area contributed by atoms with Gasteiger partial charge in [-0.25, -0.2) is 9.18 Å². The van der Waals surface area contributed by atoms with Crippen LogP contribution < -0.4 is 21.2 Å². The van der Waals surface area contributed by atoms with Gasteiger partial charge in [-0.2, -0.15) is 0 Å². The average molecular weight is 993 g/mol. The van der Waals surface area contributed by atoms with E-state index in [2.05, 4.69) is 38.4 Å². The van der Waals surface area contributed by atoms with Crippen LogP contribution in [0.2, 0.25) is 0 Å². The first-order chi connectivity index (χ1) is 33.6. The number of alkyl halides is 1. The maximum absolute atomic E-state index is 14.4. The number of carbonyl (C=O) groups is 5. The van der Waals surface area contributed by atoms with Gasteiger partial charge in [-0.05, 0) is 117 Å². The largest absolute Gasteiger partial charge is 0.371 e. The molecule has 3 aromatic heterocycles. The highest BCUT2D eigenvalue weighted by atomic mass is 32.1. The molecule has 4 N–H and O–H groups in total. The molecule has 5 atom stereocenters. The number of amides is 5. The Kier molecular flexibility index (Phi) is 13.0. The summed E-state index contributed by atoms with van der Waals surface area (Å²) in [6.45, 7) is 2.83. The second-order valence-electron chi connectivity index (χ2n) is 19.3. The summed E-state index contributed by atoms with van der Waals surface area (Å²) in [5, 5.41) is 5.70. The van der Waals surface area contributed by atoms with E-state index in [0.717, 1.165) is 73.3 Å². The number of carbonyl (C=O) groups excluding carboxylic acids is 5. The molecule has 366 valence electrons. The van der Waals surface area contributed by atoms with Crippen LogP contribution in [0.5, 0.6) is 0 Å². The summed E-state index contributed by atoms with van der Waals surface area (Å²) in [6.07, 6.45) is 11.0. The zero-order valence-electron chi connectivity index (χ0n) is 38.6. The van der Waals surface area contributed by atoms with E-state index in [1.807, 2.05) is 35.5 Å². The number of imide groups is 1. The van der Waals surface area contributed by atoms with Crippen LogP contribution in [-0.4, -0.2) is 108 Å². The first-order valence-corrected chi connectivity index (χ1v) is 26.5. The highest BCUT2D eigenvalue weighted by Crippen LogP contribution is 2.53. The summed E-state index contributed by atoms with van der Waals surface area (Å²) in [7, 11) is -3.34. The minimum atomic E-state index is -5.01. The molecule has 17 nitrogen and oxygen atoms in total. The van der Waals surface area contributed by atoms with Crippen LogP contribution in [0.4, 0.5) is 10.1 Å². The molecule has 5 amide bonds. The van der Waals surface area contributed by atoms with E-state index in [4.69, 9.17) is 0 Å². The highest BCUT2D eigenvalue weighted by Gasteiger charge is 2.48. The third-order valence-electron chi connectivity index (χ3n) is 14.9. The van der Waals surface area contributed by atoms with Crippen molar-refractivity contribution in [3.05, 3.63) is 93.0 Å². The zero-order chi connectivity index (χ0) is 49.0. The number of benzene rings is 2. The Hall–Kier alpha value is -6.19. The number of nitrogens with one attached hydrogen (secondary N) is 2. The number of rotatable bonds is 10. The van der Waals surface area contributed by atoms with Crippen LogP contribution >= 0.6 is 18.9 Å².